The number of carbonyl (C=O) groups excluding carboxylic acids is 1. The van der Waals surface area contributed by atoms with E-state index < -0.39 is 0 Å². The first-order valence-electron chi connectivity index (χ1n) is 4.83. The Morgan fingerprint density at radius 1 is 1.15 bits per heavy atom. The van der Waals surface area contributed by atoms with E-state index >= 15 is 0 Å². The van der Waals surface area contributed by atoms with Crippen LogP contribution >= 0.6 is 0 Å². The summed E-state index contributed by atoms with van der Waals surface area (Å²) in [5.41, 5.74) is 0. The summed E-state index contributed by atoms with van der Waals surface area (Å²) < 4.78 is 0. The highest BCUT2D eigenvalue weighted by Crippen LogP contribution is 1.92. The molecule has 0 aromatic heterocycles. The zero-order valence-corrected chi connectivity index (χ0v) is 8.89. The maximum atomic E-state index is 11.4. The Labute approximate surface area is 80.7 Å². The van der Waals surface area contributed by atoms with Crippen molar-refractivity contribution in [3.05, 3.63) is 0 Å². The summed E-state index contributed by atoms with van der Waals surface area (Å²) in [6, 6.07) is 0. The van der Waals surface area contributed by atoms with Crippen LogP contribution in [0.1, 0.15) is 13.3 Å². The number of nitrogens with one attached hydrogen (secondary N) is 2. The smallest absolute Gasteiger partial charge is 0.222 e. The second-order valence-corrected chi connectivity index (χ2v) is 2.94. The van der Waals surface area contributed by atoms with E-state index in [2.05, 4.69) is 10.6 Å². The minimum atomic E-state index is 0.227. The molecule has 0 aliphatic carbocycles. The monoisotopic (exact) mass is 187 g/mol. The van der Waals surface area contributed by atoms with Crippen LogP contribution in [0.5, 0.6) is 0 Å². The van der Waals surface area contributed by atoms with Crippen molar-refractivity contribution in [1.82, 2.24) is 15.5 Å². The van der Waals surface area contributed by atoms with Crippen molar-refractivity contribution < 1.29 is 4.79 Å². The molecule has 0 heterocycles. The first-order valence-corrected chi connectivity index (χ1v) is 4.83. The fourth-order valence-corrected chi connectivity index (χ4v) is 1.08. The van der Waals surface area contributed by atoms with Crippen LogP contribution in [0.4, 0.5) is 0 Å². The third-order valence-electron chi connectivity index (χ3n) is 1.92. The molecule has 0 saturated heterocycles. The van der Waals surface area contributed by atoms with Gasteiger partial charge in [-0.05, 0) is 14.1 Å². The van der Waals surface area contributed by atoms with E-state index in [1.807, 2.05) is 25.9 Å². The molecule has 13 heavy (non-hydrogen) atoms. The molecule has 0 aromatic carbocycles. The lowest BCUT2D eigenvalue weighted by molar-refractivity contribution is -0.130. The van der Waals surface area contributed by atoms with Gasteiger partial charge in [0.2, 0.25) is 5.91 Å². The Morgan fingerprint density at radius 2 is 1.62 bits per heavy atom. The van der Waals surface area contributed by atoms with E-state index in [9.17, 15) is 4.79 Å². The van der Waals surface area contributed by atoms with Crippen LogP contribution in [0.3, 0.4) is 0 Å². The van der Waals surface area contributed by atoms with Crippen molar-refractivity contribution in [3.63, 3.8) is 0 Å². The largest absolute Gasteiger partial charge is 0.340 e. The highest BCUT2D eigenvalue weighted by atomic mass is 16.2. The second-order valence-electron chi connectivity index (χ2n) is 2.94. The van der Waals surface area contributed by atoms with Gasteiger partial charge >= 0.3 is 0 Å². The van der Waals surface area contributed by atoms with Crippen LogP contribution in [-0.2, 0) is 4.79 Å². The summed E-state index contributed by atoms with van der Waals surface area (Å²) in [6.45, 7) is 5.20. The van der Waals surface area contributed by atoms with Crippen molar-refractivity contribution in [3.8, 4) is 0 Å². The molecule has 0 rings (SSSR count). The average molecular weight is 187 g/mol. The summed E-state index contributed by atoms with van der Waals surface area (Å²) in [4.78, 5) is 13.3. The number of rotatable bonds is 7. The second kappa shape index (κ2) is 8.01. The molecule has 0 aliphatic rings. The van der Waals surface area contributed by atoms with E-state index in [4.69, 9.17) is 0 Å². The van der Waals surface area contributed by atoms with Gasteiger partial charge in [-0.25, -0.2) is 0 Å². The van der Waals surface area contributed by atoms with Gasteiger partial charge in [-0.3, -0.25) is 4.79 Å². The molecule has 0 unspecified atom stereocenters. The lowest BCUT2D eigenvalue weighted by Crippen LogP contribution is -2.39. The number of hydrogen-bond acceptors (Lipinski definition) is 3. The molecule has 0 aliphatic heterocycles. The molecule has 0 radical (unpaired) electrons. The van der Waals surface area contributed by atoms with Gasteiger partial charge in [0.25, 0.3) is 0 Å². The van der Waals surface area contributed by atoms with Crippen LogP contribution in [-0.4, -0.2) is 51.1 Å². The first-order chi connectivity index (χ1) is 6.26. The van der Waals surface area contributed by atoms with Gasteiger partial charge in [-0.15, -0.1) is 0 Å². The molecule has 2 N–H and O–H groups in total. The van der Waals surface area contributed by atoms with E-state index in [1.165, 1.54) is 0 Å². The molecule has 4 nitrogen and oxygen atoms in total. The van der Waals surface area contributed by atoms with E-state index in [0.717, 1.165) is 26.2 Å². The number of likely N-dealkylation sites (N-methyl/N-ethyl adjacent to an activating group) is 2. The molecule has 0 saturated carbocycles. The summed E-state index contributed by atoms with van der Waals surface area (Å²) >= 11 is 0. The highest BCUT2D eigenvalue weighted by molar-refractivity contribution is 5.75. The molecule has 1 amide bonds. The maximum absolute atomic E-state index is 11.4. The molecular weight excluding hydrogens is 166 g/mol. The van der Waals surface area contributed by atoms with Gasteiger partial charge in [-0.2, -0.15) is 0 Å². The molecule has 0 spiro atoms. The van der Waals surface area contributed by atoms with Crippen molar-refractivity contribution in [2.75, 3.05) is 40.3 Å². The van der Waals surface area contributed by atoms with Crippen molar-refractivity contribution in [1.29, 1.82) is 0 Å². The summed E-state index contributed by atoms with van der Waals surface area (Å²) in [6.07, 6.45) is 0.591. The van der Waals surface area contributed by atoms with Gasteiger partial charge in [0.05, 0.1) is 0 Å². The highest BCUT2D eigenvalue weighted by Gasteiger charge is 2.08. The normalized spacial score (nSPS) is 10.1. The topological polar surface area (TPSA) is 44.4 Å². The molecule has 0 aromatic rings. The number of carbonyl (C=O) groups is 1. The number of hydrogen-bond donors (Lipinski definition) is 2. The van der Waals surface area contributed by atoms with Gasteiger partial charge < -0.3 is 15.5 Å². The molecule has 0 bridgehead atoms. The Balaban J connectivity index is 3.79. The fraction of sp³-hybridized carbons (Fsp3) is 0.889. The standard InChI is InChI=1S/C9H21N3O/c1-4-9(13)12(7-5-10-2)8-6-11-3/h10-11H,4-8H2,1-3H3. The van der Waals surface area contributed by atoms with E-state index in [1.54, 1.807) is 0 Å². The number of nitrogens with zero attached hydrogens (tertiary/aromatic N) is 1. The van der Waals surface area contributed by atoms with Crippen LogP contribution in [0.2, 0.25) is 0 Å². The zero-order valence-electron chi connectivity index (χ0n) is 8.89. The lowest BCUT2D eigenvalue weighted by Gasteiger charge is -2.21. The molecule has 0 atom stereocenters. The minimum Gasteiger partial charge on any atom is -0.340 e. The zero-order chi connectivity index (χ0) is 10.1. The third-order valence-corrected chi connectivity index (χ3v) is 1.92. The molecule has 4 heteroatoms. The van der Waals surface area contributed by atoms with Crippen LogP contribution < -0.4 is 10.6 Å². The maximum Gasteiger partial charge on any atom is 0.222 e. The van der Waals surface area contributed by atoms with E-state index in [-0.39, 0.29) is 5.91 Å². The van der Waals surface area contributed by atoms with Gasteiger partial charge in [0.15, 0.2) is 0 Å². The SMILES string of the molecule is CCC(=O)N(CCNC)CCNC. The quantitative estimate of drug-likeness (QED) is 0.573. The average Bonchev–Trinajstić information content (AvgIpc) is 2.17. The summed E-state index contributed by atoms with van der Waals surface area (Å²) in [5.74, 6) is 0.227. The Hall–Kier alpha value is -0.610. The molecular formula is C9H21N3O. The summed E-state index contributed by atoms with van der Waals surface area (Å²) in [5, 5.41) is 6.08. The third kappa shape index (κ3) is 5.60. The van der Waals surface area contributed by atoms with Crippen LogP contribution in [0.15, 0.2) is 0 Å². The van der Waals surface area contributed by atoms with Gasteiger partial charge in [0, 0.05) is 32.6 Å². The van der Waals surface area contributed by atoms with Crippen LogP contribution in [0.25, 0.3) is 0 Å². The van der Waals surface area contributed by atoms with Gasteiger partial charge in [0.1, 0.15) is 0 Å². The predicted molar refractivity (Wildman–Crippen MR) is 54.7 cm³/mol. The van der Waals surface area contributed by atoms with Gasteiger partial charge in [-0.1, -0.05) is 6.92 Å². The number of amides is 1. The summed E-state index contributed by atoms with van der Waals surface area (Å²) in [7, 11) is 3.79. The molecule has 78 valence electrons. The molecule has 0 fully saturated rings. The van der Waals surface area contributed by atoms with Crippen molar-refractivity contribution >= 4 is 5.91 Å². The van der Waals surface area contributed by atoms with Crippen LogP contribution in [0, 0.1) is 0 Å². The minimum absolute atomic E-state index is 0.227. The van der Waals surface area contributed by atoms with Crippen molar-refractivity contribution in [2.24, 2.45) is 0 Å². The van der Waals surface area contributed by atoms with E-state index in [0.29, 0.717) is 6.42 Å². The Kier molecular flexibility index (Phi) is 7.63. The predicted octanol–water partition coefficient (Wildman–Crippen LogP) is -0.336. The first kappa shape index (κ1) is 12.4. The Morgan fingerprint density at radius 3 is 1.92 bits per heavy atom. The Bertz CT molecular complexity index is 131. The lowest BCUT2D eigenvalue weighted by atomic mass is 10.3. The fourth-order valence-electron chi connectivity index (χ4n) is 1.08. The van der Waals surface area contributed by atoms with Crippen molar-refractivity contribution in [2.45, 2.75) is 13.3 Å².